The molecule has 0 amide bonds. The lowest BCUT2D eigenvalue weighted by Gasteiger charge is -2.25. The fourth-order valence-electron chi connectivity index (χ4n) is 1.95. The first-order chi connectivity index (χ1) is 8.32. The molecule has 1 aromatic carbocycles. The van der Waals surface area contributed by atoms with Gasteiger partial charge in [0.25, 0.3) is 0 Å². The molecule has 1 aromatic rings. The number of nitrogens with two attached hydrogens (primary N) is 1. The van der Waals surface area contributed by atoms with Crippen LogP contribution in [0.25, 0.3) is 0 Å². The lowest BCUT2D eigenvalue weighted by molar-refractivity contribution is 0.582. The summed E-state index contributed by atoms with van der Waals surface area (Å²) >= 11 is 0. The maximum atomic E-state index is 13.6. The number of hydrogen-bond acceptors (Lipinski definition) is 2. The van der Waals surface area contributed by atoms with Gasteiger partial charge in [-0.05, 0) is 49.4 Å². The summed E-state index contributed by atoms with van der Waals surface area (Å²) in [6.07, 6.45) is 1.12. The Kier molecular flexibility index (Phi) is 5.15. The average Bonchev–Trinajstić information content (AvgIpc) is 2.28. The normalized spacial score (nSPS) is 12.9. The fourth-order valence-corrected chi connectivity index (χ4v) is 1.95. The molecule has 18 heavy (non-hydrogen) atoms. The molecule has 0 spiro atoms. The van der Waals surface area contributed by atoms with Crippen LogP contribution in [0.2, 0.25) is 0 Å². The topological polar surface area (TPSA) is 29.3 Å². The zero-order valence-corrected chi connectivity index (χ0v) is 12.1. The second kappa shape index (κ2) is 6.19. The van der Waals surface area contributed by atoms with Crippen molar-refractivity contribution >= 4 is 5.69 Å². The average molecular weight is 252 g/mol. The minimum Gasteiger partial charge on any atom is -0.374 e. The predicted octanol–water partition coefficient (Wildman–Crippen LogP) is 3.64. The first-order valence-electron chi connectivity index (χ1n) is 6.59. The Bertz CT molecular complexity index is 400. The van der Waals surface area contributed by atoms with E-state index in [0.717, 1.165) is 24.2 Å². The van der Waals surface area contributed by atoms with Crippen LogP contribution in [0, 0.1) is 18.7 Å². The fraction of sp³-hybridized carbons (Fsp3) is 0.600. The second-order valence-electron chi connectivity index (χ2n) is 5.55. The van der Waals surface area contributed by atoms with Crippen LogP contribution >= 0.6 is 0 Å². The van der Waals surface area contributed by atoms with Gasteiger partial charge < -0.3 is 10.6 Å². The van der Waals surface area contributed by atoms with Crippen molar-refractivity contribution < 1.29 is 4.39 Å². The number of rotatable bonds is 5. The molecule has 2 nitrogen and oxygen atoms in total. The Hall–Kier alpha value is -1.09. The molecule has 0 aliphatic rings. The summed E-state index contributed by atoms with van der Waals surface area (Å²) in [4.78, 5) is 2.17. The Morgan fingerprint density at radius 3 is 2.39 bits per heavy atom. The molecule has 0 saturated carbocycles. The molecule has 102 valence electrons. The minimum atomic E-state index is -0.177. The predicted molar refractivity (Wildman–Crippen MR) is 76.5 cm³/mol. The molecule has 1 atom stereocenters. The number of benzene rings is 1. The van der Waals surface area contributed by atoms with Gasteiger partial charge in [0, 0.05) is 25.3 Å². The molecule has 0 aliphatic heterocycles. The van der Waals surface area contributed by atoms with Crippen LogP contribution in [0.15, 0.2) is 12.1 Å². The molecule has 3 heteroatoms. The Morgan fingerprint density at radius 1 is 1.28 bits per heavy atom. The molecular formula is C15H25FN2. The Morgan fingerprint density at radius 2 is 1.89 bits per heavy atom. The van der Waals surface area contributed by atoms with E-state index >= 15 is 0 Å². The van der Waals surface area contributed by atoms with E-state index in [1.165, 1.54) is 0 Å². The maximum absolute atomic E-state index is 13.6. The van der Waals surface area contributed by atoms with Gasteiger partial charge in [-0.2, -0.15) is 0 Å². The molecule has 0 heterocycles. The van der Waals surface area contributed by atoms with Gasteiger partial charge in [0.15, 0.2) is 0 Å². The van der Waals surface area contributed by atoms with Gasteiger partial charge in [-0.3, -0.25) is 0 Å². The molecular weight excluding hydrogens is 227 g/mol. The molecule has 0 aliphatic carbocycles. The van der Waals surface area contributed by atoms with Crippen molar-refractivity contribution in [1.29, 1.82) is 0 Å². The largest absolute Gasteiger partial charge is 0.374 e. The summed E-state index contributed by atoms with van der Waals surface area (Å²) in [5.74, 6) is 0.482. The second-order valence-corrected chi connectivity index (χ2v) is 5.55. The summed E-state index contributed by atoms with van der Waals surface area (Å²) in [7, 11) is 2.04. The van der Waals surface area contributed by atoms with E-state index in [9.17, 15) is 4.39 Å². The summed E-state index contributed by atoms with van der Waals surface area (Å²) in [5, 5.41) is 0. The minimum absolute atomic E-state index is 0.156. The SMILES string of the molecule is Cc1cc(N(C)CCC(C)C)c(C(C)N)cc1F. The van der Waals surface area contributed by atoms with Gasteiger partial charge in [-0.15, -0.1) is 0 Å². The maximum Gasteiger partial charge on any atom is 0.126 e. The van der Waals surface area contributed by atoms with Crippen LogP contribution < -0.4 is 10.6 Å². The number of aryl methyl sites for hydroxylation is 1. The highest BCUT2D eigenvalue weighted by Gasteiger charge is 2.14. The number of anilines is 1. The summed E-state index contributed by atoms with van der Waals surface area (Å²) in [6.45, 7) is 9.05. The van der Waals surface area contributed by atoms with Crippen LogP contribution in [-0.2, 0) is 0 Å². The van der Waals surface area contributed by atoms with Crippen LogP contribution in [-0.4, -0.2) is 13.6 Å². The van der Waals surface area contributed by atoms with Gasteiger partial charge in [0.2, 0.25) is 0 Å². The van der Waals surface area contributed by atoms with Crippen molar-refractivity contribution in [2.45, 2.75) is 40.2 Å². The van der Waals surface area contributed by atoms with E-state index < -0.39 is 0 Å². The van der Waals surface area contributed by atoms with Crippen LogP contribution in [0.1, 0.15) is 44.4 Å². The highest BCUT2D eigenvalue weighted by molar-refractivity contribution is 5.56. The first kappa shape index (κ1) is 15.0. The quantitative estimate of drug-likeness (QED) is 0.867. The highest BCUT2D eigenvalue weighted by atomic mass is 19.1. The van der Waals surface area contributed by atoms with Crippen LogP contribution in [0.3, 0.4) is 0 Å². The number of nitrogens with zero attached hydrogens (tertiary/aromatic N) is 1. The lowest BCUT2D eigenvalue weighted by Crippen LogP contribution is -2.23. The Labute approximate surface area is 110 Å². The van der Waals surface area contributed by atoms with Crippen LogP contribution in [0.4, 0.5) is 10.1 Å². The standard InChI is InChI=1S/C15H25FN2/c1-10(2)6-7-18(5)15-8-11(3)14(16)9-13(15)12(4)17/h8-10,12H,6-7,17H2,1-5H3. The summed E-state index contributed by atoms with van der Waals surface area (Å²) < 4.78 is 13.6. The van der Waals surface area contributed by atoms with Crippen molar-refractivity contribution in [2.24, 2.45) is 11.7 Å². The summed E-state index contributed by atoms with van der Waals surface area (Å²) in [5.41, 5.74) is 8.53. The van der Waals surface area contributed by atoms with Crippen molar-refractivity contribution in [2.75, 3.05) is 18.5 Å². The summed E-state index contributed by atoms with van der Waals surface area (Å²) in [6, 6.07) is 3.31. The Balaban J connectivity index is 3.02. The molecule has 0 radical (unpaired) electrons. The van der Waals surface area contributed by atoms with E-state index in [4.69, 9.17) is 5.73 Å². The van der Waals surface area contributed by atoms with Crippen molar-refractivity contribution in [3.8, 4) is 0 Å². The van der Waals surface area contributed by atoms with Gasteiger partial charge in [-0.25, -0.2) is 4.39 Å². The number of halogens is 1. The molecule has 1 unspecified atom stereocenters. The highest BCUT2D eigenvalue weighted by Crippen LogP contribution is 2.28. The van der Waals surface area contributed by atoms with Crippen molar-refractivity contribution in [3.05, 3.63) is 29.1 Å². The van der Waals surface area contributed by atoms with E-state index in [-0.39, 0.29) is 11.9 Å². The third-order valence-corrected chi connectivity index (χ3v) is 3.25. The third kappa shape index (κ3) is 3.70. The molecule has 0 aromatic heterocycles. The molecule has 1 rings (SSSR count). The number of hydrogen-bond donors (Lipinski definition) is 1. The lowest BCUT2D eigenvalue weighted by atomic mass is 10.0. The van der Waals surface area contributed by atoms with Gasteiger partial charge in [0.05, 0.1) is 0 Å². The zero-order valence-electron chi connectivity index (χ0n) is 12.1. The first-order valence-corrected chi connectivity index (χ1v) is 6.59. The molecule has 0 fully saturated rings. The molecule has 0 saturated heterocycles. The van der Waals surface area contributed by atoms with Crippen molar-refractivity contribution in [3.63, 3.8) is 0 Å². The molecule has 2 N–H and O–H groups in total. The molecule has 0 bridgehead atoms. The van der Waals surface area contributed by atoms with Gasteiger partial charge in [-0.1, -0.05) is 13.8 Å². The van der Waals surface area contributed by atoms with Crippen LogP contribution in [0.5, 0.6) is 0 Å². The zero-order chi connectivity index (χ0) is 13.9. The van der Waals surface area contributed by atoms with E-state index in [0.29, 0.717) is 11.5 Å². The van der Waals surface area contributed by atoms with E-state index in [2.05, 4.69) is 18.7 Å². The van der Waals surface area contributed by atoms with Gasteiger partial charge >= 0.3 is 0 Å². The van der Waals surface area contributed by atoms with Gasteiger partial charge in [0.1, 0.15) is 5.82 Å². The van der Waals surface area contributed by atoms with E-state index in [1.807, 2.05) is 20.0 Å². The van der Waals surface area contributed by atoms with E-state index in [1.54, 1.807) is 13.0 Å². The van der Waals surface area contributed by atoms with Crippen molar-refractivity contribution in [1.82, 2.24) is 0 Å². The third-order valence-electron chi connectivity index (χ3n) is 3.25. The smallest absolute Gasteiger partial charge is 0.126 e. The monoisotopic (exact) mass is 252 g/mol.